The molecule has 0 spiro atoms. The molecule has 1 N–H and O–H groups in total. The fourth-order valence-electron chi connectivity index (χ4n) is 3.97. The molecule has 2 aliphatic rings. The normalized spacial score (nSPS) is 24.2. The van der Waals surface area contributed by atoms with Crippen molar-refractivity contribution in [2.45, 2.75) is 44.7 Å². The van der Waals surface area contributed by atoms with Gasteiger partial charge in [-0.2, -0.15) is 0 Å². The number of ether oxygens (including phenoxy) is 1. The average molecular weight is 551 g/mol. The van der Waals surface area contributed by atoms with E-state index in [0.717, 1.165) is 32.2 Å². The van der Waals surface area contributed by atoms with Crippen LogP contribution in [0.2, 0.25) is 0 Å². The predicted molar refractivity (Wildman–Crippen MR) is 132 cm³/mol. The van der Waals surface area contributed by atoms with Crippen molar-refractivity contribution in [2.75, 3.05) is 45.6 Å². The summed E-state index contributed by atoms with van der Waals surface area (Å²) in [5.74, 6) is 0.911. The zero-order valence-electron chi connectivity index (χ0n) is 18.4. The van der Waals surface area contributed by atoms with E-state index in [1.807, 2.05) is 4.90 Å². The van der Waals surface area contributed by atoms with Crippen LogP contribution in [-0.2, 0) is 27.7 Å². The Kier molecular flexibility index (Phi) is 8.96. The third-order valence-corrected chi connectivity index (χ3v) is 8.26. The summed E-state index contributed by atoms with van der Waals surface area (Å²) in [5, 5.41) is 3.41. The number of aliphatic imine (C=N–C) groups is 1. The van der Waals surface area contributed by atoms with E-state index in [-0.39, 0.29) is 35.8 Å². The van der Waals surface area contributed by atoms with Crippen molar-refractivity contribution in [3.05, 3.63) is 35.4 Å². The van der Waals surface area contributed by atoms with Gasteiger partial charge in [-0.15, -0.1) is 24.0 Å². The Morgan fingerprint density at radius 1 is 1.30 bits per heavy atom. The number of nitrogens with zero attached hydrogens (tertiary/aromatic N) is 3. The summed E-state index contributed by atoms with van der Waals surface area (Å²) in [5.41, 5.74) is 2.48. The first-order valence-electron chi connectivity index (χ1n) is 10.3. The van der Waals surface area contributed by atoms with Crippen molar-refractivity contribution in [3.63, 3.8) is 0 Å². The maximum atomic E-state index is 12.3. The van der Waals surface area contributed by atoms with E-state index < -0.39 is 14.6 Å². The molecule has 2 aliphatic heterocycles. The summed E-state index contributed by atoms with van der Waals surface area (Å²) >= 11 is 0. The lowest BCUT2D eigenvalue weighted by Crippen LogP contribution is -2.57. The van der Waals surface area contributed by atoms with Gasteiger partial charge in [0, 0.05) is 46.3 Å². The van der Waals surface area contributed by atoms with Crippen molar-refractivity contribution in [1.82, 2.24) is 15.1 Å². The van der Waals surface area contributed by atoms with Crippen molar-refractivity contribution in [2.24, 2.45) is 4.99 Å². The van der Waals surface area contributed by atoms with E-state index in [9.17, 15) is 8.42 Å². The van der Waals surface area contributed by atoms with E-state index in [0.29, 0.717) is 19.6 Å². The van der Waals surface area contributed by atoms with Gasteiger partial charge in [0.05, 0.1) is 23.2 Å². The number of hydrogen-bond acceptors (Lipinski definition) is 5. The molecule has 30 heavy (non-hydrogen) atoms. The van der Waals surface area contributed by atoms with Gasteiger partial charge in [0.1, 0.15) is 0 Å². The molecule has 2 fully saturated rings. The van der Waals surface area contributed by atoms with E-state index in [4.69, 9.17) is 4.74 Å². The molecule has 0 bridgehead atoms. The Hall–Kier alpha value is -0.910. The van der Waals surface area contributed by atoms with Crippen molar-refractivity contribution in [3.8, 4) is 0 Å². The van der Waals surface area contributed by atoms with Gasteiger partial charge in [0.25, 0.3) is 0 Å². The summed E-state index contributed by atoms with van der Waals surface area (Å²) in [6.07, 6.45) is 0.287. The molecule has 0 amide bonds. The first-order chi connectivity index (χ1) is 13.7. The standard InChI is InChI=1S/C21H34N4O3S.HI/c1-17-14-24(8-10-28-17)15-19-7-5-6-18(12-19)13-23-20(22-4)25-9-11-29(26,27)21(2,3)16-25;/h5-7,12,17H,8-11,13-16H2,1-4H3,(H,22,23);1H. The number of nitrogens with one attached hydrogen (secondary N) is 1. The molecule has 9 heteroatoms. The molecule has 3 rings (SSSR count). The Morgan fingerprint density at radius 2 is 2.03 bits per heavy atom. The molecular formula is C21H35IN4O3S. The van der Waals surface area contributed by atoms with E-state index in [1.165, 1.54) is 11.1 Å². The molecule has 2 saturated heterocycles. The monoisotopic (exact) mass is 550 g/mol. The minimum absolute atomic E-state index is 0. The number of rotatable bonds is 4. The molecular weight excluding hydrogens is 515 g/mol. The van der Waals surface area contributed by atoms with Crippen LogP contribution in [0.3, 0.4) is 0 Å². The number of sulfone groups is 1. The van der Waals surface area contributed by atoms with Crippen LogP contribution in [0.1, 0.15) is 31.9 Å². The molecule has 0 saturated carbocycles. The lowest BCUT2D eigenvalue weighted by Gasteiger charge is -2.39. The van der Waals surface area contributed by atoms with Gasteiger partial charge in [-0.25, -0.2) is 8.42 Å². The van der Waals surface area contributed by atoms with Gasteiger partial charge in [-0.05, 0) is 31.9 Å². The molecule has 1 unspecified atom stereocenters. The second-order valence-electron chi connectivity index (χ2n) is 8.64. The summed E-state index contributed by atoms with van der Waals surface area (Å²) in [6.45, 7) is 10.9. The maximum Gasteiger partial charge on any atom is 0.193 e. The van der Waals surface area contributed by atoms with Gasteiger partial charge in [-0.3, -0.25) is 9.89 Å². The van der Waals surface area contributed by atoms with Crippen molar-refractivity contribution in [1.29, 1.82) is 0 Å². The van der Waals surface area contributed by atoms with Crippen molar-refractivity contribution >= 4 is 39.8 Å². The van der Waals surface area contributed by atoms with Crippen LogP contribution in [0.4, 0.5) is 0 Å². The predicted octanol–water partition coefficient (Wildman–Crippen LogP) is 2.11. The summed E-state index contributed by atoms with van der Waals surface area (Å²) in [6, 6.07) is 8.59. The van der Waals surface area contributed by atoms with Gasteiger partial charge < -0.3 is 15.0 Å². The van der Waals surface area contributed by atoms with E-state index in [2.05, 4.69) is 46.4 Å². The lowest BCUT2D eigenvalue weighted by molar-refractivity contribution is -0.0212. The quantitative estimate of drug-likeness (QED) is 0.352. The summed E-state index contributed by atoms with van der Waals surface area (Å²) < 4.78 is 29.4. The van der Waals surface area contributed by atoms with Crippen LogP contribution in [0, 0.1) is 0 Å². The summed E-state index contributed by atoms with van der Waals surface area (Å²) in [7, 11) is -1.32. The largest absolute Gasteiger partial charge is 0.376 e. The van der Waals surface area contributed by atoms with Crippen LogP contribution in [0.5, 0.6) is 0 Å². The SMILES string of the molecule is CN=C(NCc1cccc(CN2CCOC(C)C2)c1)N1CCS(=O)(=O)C(C)(C)C1.I. The van der Waals surface area contributed by atoms with Gasteiger partial charge in [0.2, 0.25) is 0 Å². The minimum Gasteiger partial charge on any atom is -0.376 e. The molecule has 1 atom stereocenters. The number of halogens is 1. The fourth-order valence-corrected chi connectivity index (χ4v) is 5.33. The Morgan fingerprint density at radius 3 is 2.70 bits per heavy atom. The molecule has 170 valence electrons. The van der Waals surface area contributed by atoms with E-state index in [1.54, 1.807) is 20.9 Å². The van der Waals surface area contributed by atoms with Crippen LogP contribution in [0.25, 0.3) is 0 Å². The highest BCUT2D eigenvalue weighted by Crippen LogP contribution is 2.23. The van der Waals surface area contributed by atoms with Gasteiger partial charge >= 0.3 is 0 Å². The maximum absolute atomic E-state index is 12.3. The van der Waals surface area contributed by atoms with Crippen LogP contribution < -0.4 is 5.32 Å². The highest BCUT2D eigenvalue weighted by Gasteiger charge is 2.40. The molecule has 0 aliphatic carbocycles. The number of hydrogen-bond donors (Lipinski definition) is 1. The highest BCUT2D eigenvalue weighted by atomic mass is 127. The van der Waals surface area contributed by atoms with Gasteiger partial charge in [-0.1, -0.05) is 24.3 Å². The molecule has 7 nitrogen and oxygen atoms in total. The topological polar surface area (TPSA) is 74.2 Å². The second kappa shape index (κ2) is 10.6. The fraction of sp³-hybridized carbons (Fsp3) is 0.667. The zero-order valence-corrected chi connectivity index (χ0v) is 21.6. The number of benzene rings is 1. The minimum atomic E-state index is -3.06. The third kappa shape index (κ3) is 6.30. The number of morpholine rings is 1. The summed E-state index contributed by atoms with van der Waals surface area (Å²) in [4.78, 5) is 8.85. The lowest BCUT2D eigenvalue weighted by atomic mass is 10.1. The van der Waals surface area contributed by atoms with Crippen molar-refractivity contribution < 1.29 is 13.2 Å². The van der Waals surface area contributed by atoms with Crippen LogP contribution in [-0.4, -0.2) is 80.6 Å². The van der Waals surface area contributed by atoms with Gasteiger partial charge in [0.15, 0.2) is 15.8 Å². The molecule has 2 heterocycles. The average Bonchev–Trinajstić information content (AvgIpc) is 2.65. The first-order valence-corrected chi connectivity index (χ1v) is 11.9. The van der Waals surface area contributed by atoms with Crippen LogP contribution >= 0.6 is 24.0 Å². The zero-order chi connectivity index (χ0) is 21.1. The number of guanidine groups is 1. The molecule has 0 aromatic heterocycles. The second-order valence-corrected chi connectivity index (χ2v) is 11.4. The molecule has 1 aromatic carbocycles. The molecule has 0 radical (unpaired) electrons. The third-order valence-electron chi connectivity index (χ3n) is 5.73. The first kappa shape index (κ1) is 25.4. The molecule has 1 aromatic rings. The highest BCUT2D eigenvalue weighted by molar-refractivity contribution is 14.0. The Balaban J connectivity index is 0.00000320. The van der Waals surface area contributed by atoms with Crippen LogP contribution in [0.15, 0.2) is 29.3 Å². The Bertz CT molecular complexity index is 844. The smallest absolute Gasteiger partial charge is 0.193 e. The Labute approximate surface area is 198 Å². The van der Waals surface area contributed by atoms with E-state index >= 15 is 0 Å².